The zero-order chi connectivity index (χ0) is 30.3. The fraction of sp³-hybridized carbons (Fsp3) is 0.667. The molecule has 1 aromatic rings. The van der Waals surface area contributed by atoms with E-state index >= 15 is 0 Å². The zero-order valence-corrected chi connectivity index (χ0v) is 27.1. The largest absolute Gasteiger partial charge is 0.379 e. The third-order valence-electron chi connectivity index (χ3n) is 7.29. The minimum absolute atomic E-state index is 0.123. The summed E-state index contributed by atoms with van der Waals surface area (Å²) in [6, 6.07) is 5.05. The Morgan fingerprint density at radius 3 is 2.45 bits per heavy atom. The highest BCUT2D eigenvalue weighted by Gasteiger charge is 2.31. The number of amides is 3. The summed E-state index contributed by atoms with van der Waals surface area (Å²) in [6.07, 6.45) is 4.96. The van der Waals surface area contributed by atoms with Gasteiger partial charge in [-0.25, -0.2) is 0 Å². The molecule has 2 saturated heterocycles. The van der Waals surface area contributed by atoms with Gasteiger partial charge in [-0.05, 0) is 49.3 Å². The van der Waals surface area contributed by atoms with Crippen LogP contribution in [0, 0.1) is 5.92 Å². The van der Waals surface area contributed by atoms with E-state index in [1.807, 2.05) is 35.4 Å². The number of nitrogens with one attached hydrogen (secondary N) is 3. The molecule has 0 aromatic heterocycles. The van der Waals surface area contributed by atoms with Gasteiger partial charge in [0.05, 0.1) is 13.2 Å². The lowest BCUT2D eigenvalue weighted by Crippen LogP contribution is -2.55. The molecule has 0 saturated carbocycles. The van der Waals surface area contributed by atoms with Crippen molar-refractivity contribution in [2.75, 3.05) is 45.1 Å². The monoisotopic (exact) mass is 640 g/mol. The maximum absolute atomic E-state index is 13.5. The standard InChI is InChI=1S/C30H45ClN4O5S2/c1-21(2)19-26(33-27(36)6-4-3-5-24-11-18-41-42-24)29(38)34-25(20-22-7-9-23(31)10-8-22)28(37)30(39)32-12-13-35-14-16-40-17-15-35/h7-10,21,24-26H,3-6,11-20H2,1-2H3,(H,32,39)(H,33,36)(H,34,38)/t24?,25-,26-/m0/s1. The van der Waals surface area contributed by atoms with Gasteiger partial charge >= 0.3 is 0 Å². The van der Waals surface area contributed by atoms with Crippen molar-refractivity contribution in [3.8, 4) is 0 Å². The van der Waals surface area contributed by atoms with Gasteiger partial charge < -0.3 is 20.7 Å². The van der Waals surface area contributed by atoms with Gasteiger partial charge in [0.2, 0.25) is 17.6 Å². The van der Waals surface area contributed by atoms with Crippen molar-refractivity contribution in [1.82, 2.24) is 20.9 Å². The van der Waals surface area contributed by atoms with E-state index in [-0.39, 0.29) is 18.2 Å². The van der Waals surface area contributed by atoms with Gasteiger partial charge in [-0.1, -0.05) is 65.6 Å². The highest BCUT2D eigenvalue weighted by Crippen LogP contribution is 2.39. The van der Waals surface area contributed by atoms with Crippen LogP contribution >= 0.6 is 33.2 Å². The van der Waals surface area contributed by atoms with E-state index in [1.54, 1.807) is 24.3 Å². The van der Waals surface area contributed by atoms with Crippen LogP contribution in [0.3, 0.4) is 0 Å². The molecule has 2 heterocycles. The first-order chi connectivity index (χ1) is 20.2. The highest BCUT2D eigenvalue weighted by atomic mass is 35.5. The molecule has 1 unspecified atom stereocenters. The highest BCUT2D eigenvalue weighted by molar-refractivity contribution is 8.77. The van der Waals surface area contributed by atoms with Crippen molar-refractivity contribution in [3.63, 3.8) is 0 Å². The Kier molecular flexibility index (Phi) is 15.5. The van der Waals surface area contributed by atoms with Gasteiger partial charge in [-0.2, -0.15) is 0 Å². The number of rotatable bonds is 17. The summed E-state index contributed by atoms with van der Waals surface area (Å²) in [5, 5.41) is 9.60. The van der Waals surface area contributed by atoms with Crippen LogP contribution in [0.15, 0.2) is 24.3 Å². The van der Waals surface area contributed by atoms with E-state index in [2.05, 4.69) is 20.9 Å². The van der Waals surface area contributed by atoms with E-state index in [4.69, 9.17) is 16.3 Å². The van der Waals surface area contributed by atoms with Crippen LogP contribution in [0.25, 0.3) is 0 Å². The number of benzene rings is 1. The average Bonchev–Trinajstić information content (AvgIpc) is 3.49. The number of Topliss-reactive ketones (excluding diaryl/α,β-unsaturated/α-hetero) is 1. The SMILES string of the molecule is CC(C)C[C@H](NC(=O)CCCCC1CCSS1)C(=O)N[C@@H](Cc1ccc(Cl)cc1)C(=O)C(=O)NCCN1CCOCC1. The van der Waals surface area contributed by atoms with Crippen LogP contribution in [0.2, 0.25) is 5.02 Å². The second-order valence-corrected chi connectivity index (χ2v) is 14.5. The number of ketones is 1. The predicted octanol–water partition coefficient (Wildman–Crippen LogP) is 3.63. The fourth-order valence-corrected chi connectivity index (χ4v) is 8.08. The van der Waals surface area contributed by atoms with Gasteiger partial charge in [0, 0.05) is 55.0 Å². The molecule has 12 heteroatoms. The third-order valence-corrected chi connectivity index (χ3v) is 10.6. The first kappa shape index (κ1) is 34.7. The number of hydrogen-bond donors (Lipinski definition) is 3. The minimum Gasteiger partial charge on any atom is -0.379 e. The summed E-state index contributed by atoms with van der Waals surface area (Å²) >= 11 is 6.03. The molecule has 9 nitrogen and oxygen atoms in total. The van der Waals surface area contributed by atoms with E-state index in [1.165, 1.54) is 12.2 Å². The zero-order valence-electron chi connectivity index (χ0n) is 24.7. The normalized spacial score (nSPS) is 18.8. The molecule has 3 rings (SSSR count). The molecule has 0 aliphatic carbocycles. The van der Waals surface area contributed by atoms with Gasteiger partial charge in [0.1, 0.15) is 12.1 Å². The molecule has 2 fully saturated rings. The molecule has 0 radical (unpaired) electrons. The van der Waals surface area contributed by atoms with Gasteiger partial charge in [0.25, 0.3) is 5.91 Å². The number of carbonyl (C=O) groups is 4. The Hall–Kier alpha value is -1.79. The van der Waals surface area contributed by atoms with Gasteiger partial charge in [-0.15, -0.1) is 0 Å². The first-order valence-electron chi connectivity index (χ1n) is 15.0. The maximum atomic E-state index is 13.5. The van der Waals surface area contributed by atoms with Crippen LogP contribution in [0.4, 0.5) is 0 Å². The Balaban J connectivity index is 1.58. The third kappa shape index (κ3) is 12.8. The smallest absolute Gasteiger partial charge is 0.289 e. The van der Waals surface area contributed by atoms with Crippen molar-refractivity contribution in [1.29, 1.82) is 0 Å². The Morgan fingerprint density at radius 1 is 1.05 bits per heavy atom. The van der Waals surface area contributed by atoms with Crippen molar-refractivity contribution >= 4 is 56.7 Å². The van der Waals surface area contributed by atoms with E-state index < -0.39 is 29.7 Å². The summed E-state index contributed by atoms with van der Waals surface area (Å²) in [5.74, 6) is -0.787. The average molecular weight is 641 g/mol. The second-order valence-electron chi connectivity index (χ2n) is 11.3. The van der Waals surface area contributed by atoms with Crippen molar-refractivity contribution in [2.45, 2.75) is 76.1 Å². The van der Waals surface area contributed by atoms with Crippen molar-refractivity contribution < 1.29 is 23.9 Å². The fourth-order valence-electron chi connectivity index (χ4n) is 4.93. The lowest BCUT2D eigenvalue weighted by molar-refractivity contribution is -0.140. The minimum atomic E-state index is -1.09. The molecule has 3 atom stereocenters. The number of nitrogens with zero attached hydrogens (tertiary/aromatic N) is 1. The van der Waals surface area contributed by atoms with Crippen LogP contribution in [-0.4, -0.2) is 90.9 Å². The number of hydrogen-bond acceptors (Lipinski definition) is 8. The molecule has 0 bridgehead atoms. The molecule has 42 heavy (non-hydrogen) atoms. The quantitative estimate of drug-likeness (QED) is 0.134. The molecular formula is C30H45ClN4O5S2. The molecule has 3 N–H and O–H groups in total. The second kappa shape index (κ2) is 18.8. The number of morpholine rings is 1. The molecule has 234 valence electrons. The molecule has 0 spiro atoms. The molecule has 1 aromatic carbocycles. The number of carbonyl (C=O) groups excluding carboxylic acids is 4. The summed E-state index contributed by atoms with van der Waals surface area (Å²) < 4.78 is 5.35. The summed E-state index contributed by atoms with van der Waals surface area (Å²) in [6.45, 7) is 7.73. The Bertz CT molecular complexity index is 1020. The molecule has 3 amide bonds. The molecular weight excluding hydrogens is 596 g/mol. The number of unbranched alkanes of at least 4 members (excludes halogenated alkanes) is 1. The maximum Gasteiger partial charge on any atom is 0.289 e. The van der Waals surface area contributed by atoms with Crippen LogP contribution < -0.4 is 16.0 Å². The molecule has 2 aliphatic rings. The topological polar surface area (TPSA) is 117 Å². The van der Waals surface area contributed by atoms with Crippen molar-refractivity contribution in [2.24, 2.45) is 5.92 Å². The van der Waals surface area contributed by atoms with Crippen LogP contribution in [0.1, 0.15) is 57.9 Å². The summed E-state index contributed by atoms with van der Waals surface area (Å²) in [7, 11) is 3.85. The number of halogens is 1. The van der Waals surface area contributed by atoms with Crippen molar-refractivity contribution in [3.05, 3.63) is 34.9 Å². The van der Waals surface area contributed by atoms with Gasteiger partial charge in [-0.3, -0.25) is 24.1 Å². The Morgan fingerprint density at radius 2 is 1.79 bits per heavy atom. The summed E-state index contributed by atoms with van der Waals surface area (Å²) in [5.41, 5.74) is 0.752. The van der Waals surface area contributed by atoms with E-state index in [9.17, 15) is 19.2 Å². The summed E-state index contributed by atoms with van der Waals surface area (Å²) in [4.78, 5) is 54.6. The number of ether oxygens (including phenoxy) is 1. The lowest BCUT2D eigenvalue weighted by Gasteiger charge is -2.26. The Labute approximate surface area is 262 Å². The first-order valence-corrected chi connectivity index (χ1v) is 17.7. The van der Waals surface area contributed by atoms with Crippen LogP contribution in [-0.2, 0) is 30.3 Å². The van der Waals surface area contributed by atoms with E-state index in [0.717, 1.165) is 37.9 Å². The predicted molar refractivity (Wildman–Crippen MR) is 171 cm³/mol. The lowest BCUT2D eigenvalue weighted by atomic mass is 9.99. The van der Waals surface area contributed by atoms with Crippen LogP contribution in [0.5, 0.6) is 0 Å². The molecule has 2 aliphatic heterocycles. The van der Waals surface area contributed by atoms with E-state index in [0.29, 0.717) is 49.4 Å². The van der Waals surface area contributed by atoms with Gasteiger partial charge in [0.15, 0.2) is 0 Å².